The highest BCUT2D eigenvalue weighted by molar-refractivity contribution is 5.55. The Kier molecular flexibility index (Phi) is 3.66. The second-order valence-electron chi connectivity index (χ2n) is 2.89. The van der Waals surface area contributed by atoms with Gasteiger partial charge in [0.15, 0.2) is 5.69 Å². The first-order valence-electron chi connectivity index (χ1n) is 4.38. The maximum absolute atomic E-state index is 8.74. The highest BCUT2D eigenvalue weighted by Gasteiger charge is 2.09. The first-order chi connectivity index (χ1) is 7.72. The second kappa shape index (κ2) is 5.19. The van der Waals surface area contributed by atoms with Crippen molar-refractivity contribution in [3.05, 3.63) is 17.8 Å². The van der Waals surface area contributed by atoms with E-state index in [-0.39, 0.29) is 24.5 Å². The van der Waals surface area contributed by atoms with E-state index in [0.717, 1.165) is 0 Å². The van der Waals surface area contributed by atoms with Gasteiger partial charge < -0.3 is 10.6 Å². The van der Waals surface area contributed by atoms with Crippen LogP contribution >= 0.6 is 0 Å². The summed E-state index contributed by atoms with van der Waals surface area (Å²) in [5.41, 5.74) is 5.89. The van der Waals surface area contributed by atoms with Gasteiger partial charge in [0.25, 0.3) is 0 Å². The Morgan fingerprint density at radius 1 is 1.19 bits per heavy atom. The topological polar surface area (TPSA) is 114 Å². The smallest absolute Gasteiger partial charge is 0.165 e. The lowest BCUT2D eigenvalue weighted by atomic mass is 10.3. The lowest BCUT2D eigenvalue weighted by Crippen LogP contribution is -2.25. The van der Waals surface area contributed by atoms with Crippen LogP contribution in [0.25, 0.3) is 0 Å². The summed E-state index contributed by atoms with van der Waals surface area (Å²) in [6, 6.07) is 8.80. The fourth-order valence-corrected chi connectivity index (χ4v) is 1.11. The van der Waals surface area contributed by atoms with Crippen molar-refractivity contribution < 1.29 is 0 Å². The second-order valence-corrected chi connectivity index (χ2v) is 2.89. The Bertz CT molecular complexity index is 486. The molecule has 78 valence electrons. The number of nitriles is 3. The van der Waals surface area contributed by atoms with Crippen LogP contribution in [-0.4, -0.2) is 18.1 Å². The molecule has 0 aliphatic carbocycles. The number of hydrogen-bond acceptors (Lipinski definition) is 6. The first-order valence-corrected chi connectivity index (χ1v) is 4.38. The molecule has 16 heavy (non-hydrogen) atoms. The molecule has 0 saturated heterocycles. The summed E-state index contributed by atoms with van der Waals surface area (Å²) >= 11 is 0. The minimum atomic E-state index is 0.0371. The summed E-state index contributed by atoms with van der Waals surface area (Å²) in [6.07, 6.45) is 0. The predicted molar refractivity (Wildman–Crippen MR) is 56.8 cm³/mol. The van der Waals surface area contributed by atoms with Crippen LogP contribution < -0.4 is 10.6 Å². The van der Waals surface area contributed by atoms with Gasteiger partial charge in [0, 0.05) is 0 Å². The fraction of sp³-hybridized carbons (Fsp3) is 0.200. The lowest BCUT2D eigenvalue weighted by Gasteiger charge is -2.16. The number of hydrogen-bond donors (Lipinski definition) is 1. The number of pyridine rings is 1. The Morgan fingerprint density at radius 3 is 2.31 bits per heavy atom. The average molecular weight is 212 g/mol. The van der Waals surface area contributed by atoms with E-state index in [1.165, 1.54) is 11.0 Å². The van der Waals surface area contributed by atoms with Crippen molar-refractivity contribution in [2.75, 3.05) is 23.7 Å². The van der Waals surface area contributed by atoms with Crippen molar-refractivity contribution in [1.82, 2.24) is 4.98 Å². The summed E-state index contributed by atoms with van der Waals surface area (Å²) < 4.78 is 0. The standard InChI is InChI=1S/C10H8N6/c11-3-5-16(6-4-12)10-2-1-8(14)9(7-13)15-10/h1-2H,5-6,14H2. The fourth-order valence-electron chi connectivity index (χ4n) is 1.11. The zero-order valence-corrected chi connectivity index (χ0v) is 8.38. The molecule has 0 atom stereocenters. The minimum absolute atomic E-state index is 0.0371. The number of aromatic nitrogens is 1. The number of nitrogens with zero attached hydrogens (tertiary/aromatic N) is 5. The van der Waals surface area contributed by atoms with E-state index >= 15 is 0 Å². The third-order valence-electron chi connectivity index (χ3n) is 1.86. The molecule has 0 spiro atoms. The molecular weight excluding hydrogens is 204 g/mol. The average Bonchev–Trinajstić information content (AvgIpc) is 2.29. The number of nitrogens with two attached hydrogens (primary N) is 1. The van der Waals surface area contributed by atoms with Gasteiger partial charge in [-0.1, -0.05) is 0 Å². The maximum Gasteiger partial charge on any atom is 0.165 e. The Balaban J connectivity index is 3.08. The molecule has 1 aromatic heterocycles. The summed E-state index contributed by atoms with van der Waals surface area (Å²) in [7, 11) is 0. The van der Waals surface area contributed by atoms with Crippen LogP contribution in [0.1, 0.15) is 5.69 Å². The summed E-state index contributed by atoms with van der Waals surface area (Å²) in [5.74, 6) is 0.397. The third-order valence-corrected chi connectivity index (χ3v) is 1.86. The van der Waals surface area contributed by atoms with Gasteiger partial charge in [0.2, 0.25) is 0 Å². The Labute approximate surface area is 92.8 Å². The van der Waals surface area contributed by atoms with E-state index in [1.54, 1.807) is 6.07 Å². The van der Waals surface area contributed by atoms with E-state index in [9.17, 15) is 0 Å². The monoisotopic (exact) mass is 212 g/mol. The molecule has 1 heterocycles. The van der Waals surface area contributed by atoms with E-state index in [0.29, 0.717) is 5.82 Å². The zero-order chi connectivity index (χ0) is 12.0. The molecule has 6 nitrogen and oxygen atoms in total. The van der Waals surface area contributed by atoms with Crippen molar-refractivity contribution >= 4 is 11.5 Å². The molecule has 1 aromatic rings. The zero-order valence-electron chi connectivity index (χ0n) is 8.38. The predicted octanol–water partition coefficient (Wildman–Crippen LogP) is 0.389. The molecule has 0 aromatic carbocycles. The highest BCUT2D eigenvalue weighted by Crippen LogP contribution is 2.15. The van der Waals surface area contributed by atoms with Gasteiger partial charge in [-0.25, -0.2) is 4.98 Å². The molecule has 2 N–H and O–H groups in total. The quantitative estimate of drug-likeness (QED) is 0.725. The van der Waals surface area contributed by atoms with Crippen molar-refractivity contribution in [3.8, 4) is 18.2 Å². The van der Waals surface area contributed by atoms with E-state index in [4.69, 9.17) is 21.5 Å². The van der Waals surface area contributed by atoms with Gasteiger partial charge >= 0.3 is 0 Å². The minimum Gasteiger partial charge on any atom is -0.396 e. The molecule has 0 saturated carbocycles. The normalized spacial score (nSPS) is 8.56. The van der Waals surface area contributed by atoms with Gasteiger partial charge in [-0.15, -0.1) is 0 Å². The molecular formula is C10H8N6. The summed E-state index contributed by atoms with van der Waals surface area (Å²) in [4.78, 5) is 5.42. The molecule has 6 heteroatoms. The number of nitrogen functional groups attached to an aromatic ring is 1. The SMILES string of the molecule is N#CCN(CC#N)c1ccc(N)c(C#N)n1. The first kappa shape index (κ1) is 11.3. The number of anilines is 2. The van der Waals surface area contributed by atoms with Crippen LogP contribution in [0.5, 0.6) is 0 Å². The third kappa shape index (κ3) is 2.37. The molecule has 0 bridgehead atoms. The highest BCUT2D eigenvalue weighted by atomic mass is 15.2. The van der Waals surface area contributed by atoms with Crippen molar-refractivity contribution in [2.45, 2.75) is 0 Å². The van der Waals surface area contributed by atoms with Crippen LogP contribution in [0, 0.1) is 34.0 Å². The Morgan fingerprint density at radius 2 is 1.81 bits per heavy atom. The van der Waals surface area contributed by atoms with E-state index in [2.05, 4.69) is 4.98 Å². The van der Waals surface area contributed by atoms with Gasteiger partial charge in [0.1, 0.15) is 25.0 Å². The number of rotatable bonds is 3. The van der Waals surface area contributed by atoms with Gasteiger partial charge in [-0.05, 0) is 12.1 Å². The van der Waals surface area contributed by atoms with Gasteiger partial charge in [0.05, 0.1) is 17.8 Å². The molecule has 0 radical (unpaired) electrons. The van der Waals surface area contributed by atoms with Crippen LogP contribution in [-0.2, 0) is 0 Å². The molecule has 0 fully saturated rings. The maximum atomic E-state index is 8.74. The van der Waals surface area contributed by atoms with Gasteiger partial charge in [-0.2, -0.15) is 15.8 Å². The van der Waals surface area contributed by atoms with E-state index < -0.39 is 0 Å². The van der Waals surface area contributed by atoms with Crippen LogP contribution in [0.3, 0.4) is 0 Å². The Hall–Kier alpha value is -2.78. The van der Waals surface area contributed by atoms with E-state index in [1.807, 2.05) is 18.2 Å². The van der Waals surface area contributed by atoms with Crippen LogP contribution in [0.4, 0.5) is 11.5 Å². The summed E-state index contributed by atoms with van der Waals surface area (Å²) in [6.45, 7) is 0.0741. The molecule has 0 aliphatic heterocycles. The van der Waals surface area contributed by atoms with Crippen molar-refractivity contribution in [2.24, 2.45) is 0 Å². The molecule has 1 rings (SSSR count). The molecule has 0 amide bonds. The molecule has 0 aliphatic rings. The van der Waals surface area contributed by atoms with Crippen molar-refractivity contribution in [3.63, 3.8) is 0 Å². The van der Waals surface area contributed by atoms with Crippen molar-refractivity contribution in [1.29, 1.82) is 15.8 Å². The lowest BCUT2D eigenvalue weighted by molar-refractivity contribution is 0.933. The van der Waals surface area contributed by atoms with Gasteiger partial charge in [-0.3, -0.25) is 0 Å². The largest absolute Gasteiger partial charge is 0.396 e. The summed E-state index contributed by atoms with van der Waals surface area (Å²) in [5, 5.41) is 25.9. The van der Waals surface area contributed by atoms with Crippen LogP contribution in [0.2, 0.25) is 0 Å². The molecule has 0 unspecified atom stereocenters. The van der Waals surface area contributed by atoms with Crippen LogP contribution in [0.15, 0.2) is 12.1 Å².